The molecule has 16 heavy (non-hydrogen) atoms. The summed E-state index contributed by atoms with van der Waals surface area (Å²) in [5, 5.41) is 0.646. The highest BCUT2D eigenvalue weighted by atomic mass is 79.9. The molecule has 0 unspecified atom stereocenters. The molecule has 0 aliphatic carbocycles. The second-order valence-electron chi connectivity index (χ2n) is 3.28. The molecule has 5 heteroatoms. The number of hydrogen-bond donors (Lipinski definition) is 0. The lowest BCUT2D eigenvalue weighted by molar-refractivity contribution is -0.137. The highest BCUT2D eigenvalue weighted by molar-refractivity contribution is 9.09. The molecule has 0 heterocycles. The number of nitrogens with zero attached hydrogens (tertiary/aromatic N) is 1. The van der Waals surface area contributed by atoms with Crippen LogP contribution >= 0.6 is 15.9 Å². The maximum Gasteiger partial charge on any atom is 0.418 e. The van der Waals surface area contributed by atoms with Crippen molar-refractivity contribution in [3.05, 3.63) is 29.8 Å². The molecule has 1 nitrogen and oxygen atoms in total. The van der Waals surface area contributed by atoms with E-state index in [2.05, 4.69) is 15.9 Å². The second-order valence-corrected chi connectivity index (χ2v) is 4.08. The summed E-state index contributed by atoms with van der Waals surface area (Å²) >= 11 is 3.24. The van der Waals surface area contributed by atoms with Crippen molar-refractivity contribution in [2.45, 2.75) is 13.1 Å². The van der Waals surface area contributed by atoms with Gasteiger partial charge in [-0.05, 0) is 19.1 Å². The van der Waals surface area contributed by atoms with Crippen LogP contribution in [-0.4, -0.2) is 18.4 Å². The van der Waals surface area contributed by atoms with Crippen molar-refractivity contribution in [3.8, 4) is 0 Å². The topological polar surface area (TPSA) is 3.24 Å². The number of halogens is 4. The Balaban J connectivity index is 3.11. The third kappa shape index (κ3) is 3.14. The first-order valence-electron chi connectivity index (χ1n) is 4.97. The van der Waals surface area contributed by atoms with Crippen LogP contribution in [0.4, 0.5) is 18.9 Å². The molecule has 1 rings (SSSR count). The van der Waals surface area contributed by atoms with Crippen LogP contribution in [0.1, 0.15) is 12.5 Å². The molecule has 0 aliphatic heterocycles. The molecule has 0 atom stereocenters. The Kier molecular flexibility index (Phi) is 4.65. The molecule has 1 aromatic carbocycles. The van der Waals surface area contributed by atoms with E-state index >= 15 is 0 Å². The maximum absolute atomic E-state index is 12.7. The quantitative estimate of drug-likeness (QED) is 0.761. The van der Waals surface area contributed by atoms with Crippen molar-refractivity contribution in [3.63, 3.8) is 0 Å². The third-order valence-electron chi connectivity index (χ3n) is 2.29. The molecule has 0 N–H and O–H groups in total. The van der Waals surface area contributed by atoms with Crippen molar-refractivity contribution in [2.24, 2.45) is 0 Å². The minimum atomic E-state index is -4.30. The van der Waals surface area contributed by atoms with Crippen molar-refractivity contribution in [1.29, 1.82) is 0 Å². The number of rotatable bonds is 4. The van der Waals surface area contributed by atoms with E-state index in [0.29, 0.717) is 18.4 Å². The van der Waals surface area contributed by atoms with Crippen LogP contribution in [0, 0.1) is 0 Å². The molecule has 0 saturated heterocycles. The molecule has 0 saturated carbocycles. The molecular formula is C11H13BrF3N. The largest absolute Gasteiger partial charge is 0.418 e. The Morgan fingerprint density at radius 1 is 1.25 bits per heavy atom. The van der Waals surface area contributed by atoms with Crippen molar-refractivity contribution in [1.82, 2.24) is 0 Å². The predicted molar refractivity (Wildman–Crippen MR) is 63.1 cm³/mol. The standard InChI is InChI=1S/C11H13BrF3N/c1-2-16(8-7-12)10-6-4-3-5-9(10)11(13,14)15/h3-6H,2,7-8H2,1H3. The van der Waals surface area contributed by atoms with Crippen LogP contribution in [0.2, 0.25) is 0 Å². The summed E-state index contributed by atoms with van der Waals surface area (Å²) < 4.78 is 38.2. The Morgan fingerprint density at radius 2 is 1.88 bits per heavy atom. The molecule has 0 radical (unpaired) electrons. The van der Waals surface area contributed by atoms with E-state index in [1.165, 1.54) is 12.1 Å². The van der Waals surface area contributed by atoms with Gasteiger partial charge in [-0.2, -0.15) is 13.2 Å². The zero-order valence-electron chi connectivity index (χ0n) is 8.89. The van der Waals surface area contributed by atoms with Gasteiger partial charge in [0.15, 0.2) is 0 Å². The number of alkyl halides is 4. The summed E-state index contributed by atoms with van der Waals surface area (Å²) in [6.07, 6.45) is -4.30. The average Bonchev–Trinajstić information content (AvgIpc) is 2.25. The van der Waals surface area contributed by atoms with E-state index in [1.807, 2.05) is 6.92 Å². The van der Waals surface area contributed by atoms with E-state index in [-0.39, 0.29) is 5.69 Å². The molecule has 0 aliphatic rings. The molecule has 0 amide bonds. The number of para-hydroxylation sites is 1. The summed E-state index contributed by atoms with van der Waals surface area (Å²) in [5.74, 6) is 0. The van der Waals surface area contributed by atoms with Crippen molar-refractivity contribution < 1.29 is 13.2 Å². The average molecular weight is 296 g/mol. The maximum atomic E-state index is 12.7. The SMILES string of the molecule is CCN(CCBr)c1ccccc1C(F)(F)F. The van der Waals surface area contributed by atoms with Gasteiger partial charge in [-0.25, -0.2) is 0 Å². The number of hydrogen-bond acceptors (Lipinski definition) is 1. The first-order chi connectivity index (χ1) is 7.50. The highest BCUT2D eigenvalue weighted by Crippen LogP contribution is 2.36. The van der Waals surface area contributed by atoms with E-state index in [9.17, 15) is 13.2 Å². The number of anilines is 1. The predicted octanol–water partition coefficient (Wildman–Crippen LogP) is 3.93. The second kappa shape index (κ2) is 5.57. The summed E-state index contributed by atoms with van der Waals surface area (Å²) in [7, 11) is 0. The van der Waals surface area contributed by atoms with E-state index in [0.717, 1.165) is 6.07 Å². The summed E-state index contributed by atoms with van der Waals surface area (Å²) in [4.78, 5) is 1.71. The Morgan fingerprint density at radius 3 is 2.38 bits per heavy atom. The van der Waals surface area contributed by atoms with Crippen molar-refractivity contribution in [2.75, 3.05) is 23.3 Å². The molecule has 1 aromatic rings. The van der Waals surface area contributed by atoms with Gasteiger partial charge in [-0.3, -0.25) is 0 Å². The van der Waals surface area contributed by atoms with Crippen LogP contribution in [0.15, 0.2) is 24.3 Å². The van der Waals surface area contributed by atoms with Gasteiger partial charge in [0.05, 0.1) is 5.56 Å². The van der Waals surface area contributed by atoms with E-state index < -0.39 is 11.7 Å². The zero-order chi connectivity index (χ0) is 12.2. The number of benzene rings is 1. The van der Waals surface area contributed by atoms with Gasteiger partial charge in [0.1, 0.15) is 0 Å². The molecule has 0 bridgehead atoms. The van der Waals surface area contributed by atoms with E-state index in [1.54, 1.807) is 11.0 Å². The molecule has 0 spiro atoms. The minimum Gasteiger partial charge on any atom is -0.370 e. The monoisotopic (exact) mass is 295 g/mol. The lowest BCUT2D eigenvalue weighted by atomic mass is 10.1. The van der Waals surface area contributed by atoms with Crippen molar-refractivity contribution >= 4 is 21.6 Å². The summed E-state index contributed by atoms with van der Waals surface area (Å²) in [6, 6.07) is 5.66. The van der Waals surface area contributed by atoms with Crippen LogP contribution in [0.25, 0.3) is 0 Å². The van der Waals surface area contributed by atoms with Crippen LogP contribution in [0.3, 0.4) is 0 Å². The molecule has 0 aromatic heterocycles. The first-order valence-corrected chi connectivity index (χ1v) is 6.10. The zero-order valence-corrected chi connectivity index (χ0v) is 10.5. The van der Waals surface area contributed by atoms with Gasteiger partial charge >= 0.3 is 6.18 Å². The van der Waals surface area contributed by atoms with Gasteiger partial charge < -0.3 is 4.90 Å². The van der Waals surface area contributed by atoms with Gasteiger partial charge in [-0.15, -0.1) is 0 Å². The fourth-order valence-electron chi connectivity index (χ4n) is 1.54. The lowest BCUT2D eigenvalue weighted by Crippen LogP contribution is -2.27. The molecular weight excluding hydrogens is 283 g/mol. The fraction of sp³-hybridized carbons (Fsp3) is 0.455. The highest BCUT2D eigenvalue weighted by Gasteiger charge is 2.34. The van der Waals surface area contributed by atoms with Gasteiger partial charge in [-0.1, -0.05) is 28.1 Å². The van der Waals surface area contributed by atoms with Crippen LogP contribution < -0.4 is 4.90 Å². The molecule has 90 valence electrons. The van der Waals surface area contributed by atoms with Gasteiger partial charge in [0.25, 0.3) is 0 Å². The minimum absolute atomic E-state index is 0.247. The Labute approximate surface area is 101 Å². The smallest absolute Gasteiger partial charge is 0.370 e. The normalized spacial score (nSPS) is 11.6. The molecule has 0 fully saturated rings. The van der Waals surface area contributed by atoms with E-state index in [4.69, 9.17) is 0 Å². The Bertz CT molecular complexity index is 338. The van der Waals surface area contributed by atoms with Crippen LogP contribution in [0.5, 0.6) is 0 Å². The fourth-order valence-corrected chi connectivity index (χ4v) is 1.97. The van der Waals surface area contributed by atoms with Gasteiger partial charge in [0, 0.05) is 24.1 Å². The Hall–Kier alpha value is -0.710. The summed E-state index contributed by atoms with van der Waals surface area (Å²) in [5.41, 5.74) is -0.324. The summed E-state index contributed by atoms with van der Waals surface area (Å²) in [6.45, 7) is 2.96. The van der Waals surface area contributed by atoms with Gasteiger partial charge in [0.2, 0.25) is 0 Å². The third-order valence-corrected chi connectivity index (χ3v) is 2.64. The van der Waals surface area contributed by atoms with Crippen LogP contribution in [-0.2, 0) is 6.18 Å². The first kappa shape index (κ1) is 13.4. The lowest BCUT2D eigenvalue weighted by Gasteiger charge is -2.25.